The van der Waals surface area contributed by atoms with Gasteiger partial charge in [-0.05, 0) is 43.5 Å². The van der Waals surface area contributed by atoms with E-state index in [1.54, 1.807) is 30.5 Å². The van der Waals surface area contributed by atoms with Crippen molar-refractivity contribution in [2.75, 3.05) is 7.05 Å². The number of fused-ring (bicyclic) bond motifs is 1. The van der Waals surface area contributed by atoms with E-state index < -0.39 is 22.0 Å². The van der Waals surface area contributed by atoms with Gasteiger partial charge in [-0.15, -0.1) is 0 Å². The number of sulfonamides is 1. The van der Waals surface area contributed by atoms with Gasteiger partial charge in [-0.3, -0.25) is 9.48 Å². The van der Waals surface area contributed by atoms with Crippen LogP contribution in [0.25, 0.3) is 0 Å². The van der Waals surface area contributed by atoms with Gasteiger partial charge in [0.25, 0.3) is 0 Å². The molecule has 174 valence electrons. The van der Waals surface area contributed by atoms with E-state index in [4.69, 9.17) is 33.0 Å². The first-order valence-corrected chi connectivity index (χ1v) is 12.3. The zero-order chi connectivity index (χ0) is 23.8. The molecule has 0 aliphatic heterocycles. The summed E-state index contributed by atoms with van der Waals surface area (Å²) >= 11 is 12.5. The minimum atomic E-state index is -3.96. The average Bonchev–Trinajstić information content (AvgIpc) is 3.17. The number of aromatic nitrogens is 2. The van der Waals surface area contributed by atoms with Gasteiger partial charge in [-0.2, -0.15) is 9.40 Å². The molecule has 2 aromatic carbocycles. The average molecular weight is 510 g/mol. The highest BCUT2D eigenvalue weighted by atomic mass is 35.5. The smallest absolute Gasteiger partial charge is 0.325 e. The normalized spacial score (nSPS) is 15.9. The van der Waals surface area contributed by atoms with Crippen LogP contribution in [0.1, 0.15) is 30.1 Å². The van der Waals surface area contributed by atoms with Crippen LogP contribution in [0.5, 0.6) is 11.5 Å². The molecule has 1 aromatic heterocycles. The van der Waals surface area contributed by atoms with Gasteiger partial charge in [0.1, 0.15) is 22.9 Å². The summed E-state index contributed by atoms with van der Waals surface area (Å²) < 4.78 is 35.3. The van der Waals surface area contributed by atoms with Crippen LogP contribution in [0.15, 0.2) is 53.6 Å². The van der Waals surface area contributed by atoms with Gasteiger partial charge in [-0.25, -0.2) is 8.42 Å². The first-order valence-electron chi connectivity index (χ1n) is 10.1. The molecule has 0 bridgehead atoms. The molecule has 1 aliphatic rings. The molecule has 0 fully saturated rings. The third-order valence-electron chi connectivity index (χ3n) is 5.58. The van der Waals surface area contributed by atoms with Crippen molar-refractivity contribution in [2.24, 2.45) is 0 Å². The Morgan fingerprint density at radius 3 is 2.70 bits per heavy atom. The molecule has 3 aromatic rings. The number of rotatable bonds is 7. The summed E-state index contributed by atoms with van der Waals surface area (Å²) in [5.74, 6) is -0.226. The quantitative estimate of drug-likeness (QED) is 0.492. The molecular formula is C22H21Cl2N3O5S. The topological polar surface area (TPSA) is 102 Å². The van der Waals surface area contributed by atoms with Crippen molar-refractivity contribution < 1.29 is 23.1 Å². The number of halogens is 2. The summed E-state index contributed by atoms with van der Waals surface area (Å²) in [5, 5.41) is 13.7. The summed E-state index contributed by atoms with van der Waals surface area (Å²) in [6.45, 7) is -0.267. The zero-order valence-electron chi connectivity index (χ0n) is 17.6. The predicted molar refractivity (Wildman–Crippen MR) is 123 cm³/mol. The lowest BCUT2D eigenvalue weighted by Crippen LogP contribution is -2.33. The van der Waals surface area contributed by atoms with Crippen molar-refractivity contribution in [3.63, 3.8) is 0 Å². The molecule has 8 nitrogen and oxygen atoms in total. The van der Waals surface area contributed by atoms with Crippen molar-refractivity contribution in [2.45, 2.75) is 36.7 Å². The molecule has 1 heterocycles. The van der Waals surface area contributed by atoms with E-state index in [0.29, 0.717) is 41.3 Å². The Hall–Kier alpha value is -2.59. The highest BCUT2D eigenvalue weighted by Crippen LogP contribution is 2.39. The number of carbonyl (C=O) groups is 1. The first-order chi connectivity index (χ1) is 15.7. The zero-order valence-corrected chi connectivity index (χ0v) is 19.9. The fraction of sp³-hybridized carbons (Fsp3) is 0.273. The van der Waals surface area contributed by atoms with Crippen molar-refractivity contribution in [1.82, 2.24) is 14.1 Å². The Kier molecular flexibility index (Phi) is 6.67. The number of benzene rings is 2. The molecular weight excluding hydrogens is 489 g/mol. The summed E-state index contributed by atoms with van der Waals surface area (Å²) in [4.78, 5) is 11.1. The molecule has 1 atom stereocenters. The summed E-state index contributed by atoms with van der Waals surface area (Å²) in [7, 11) is -2.46. The number of para-hydroxylation sites is 1. The van der Waals surface area contributed by atoms with Crippen LogP contribution >= 0.6 is 23.2 Å². The lowest BCUT2D eigenvalue weighted by molar-refractivity contribution is -0.137. The molecule has 1 N–H and O–H groups in total. The van der Waals surface area contributed by atoms with Crippen LogP contribution in [0, 0.1) is 0 Å². The lowest BCUT2D eigenvalue weighted by Gasteiger charge is -2.31. The lowest BCUT2D eigenvalue weighted by atomic mass is 9.93. The highest BCUT2D eigenvalue weighted by Gasteiger charge is 2.35. The van der Waals surface area contributed by atoms with Gasteiger partial charge in [0.2, 0.25) is 10.0 Å². The Balaban J connectivity index is 1.61. The van der Waals surface area contributed by atoms with Crippen LogP contribution in [0.3, 0.4) is 0 Å². The molecule has 0 saturated heterocycles. The van der Waals surface area contributed by atoms with E-state index in [-0.39, 0.29) is 16.5 Å². The number of hydrogen-bond acceptors (Lipinski definition) is 5. The molecule has 33 heavy (non-hydrogen) atoms. The van der Waals surface area contributed by atoms with Gasteiger partial charge in [-0.1, -0.05) is 35.3 Å². The Morgan fingerprint density at radius 1 is 1.24 bits per heavy atom. The second-order valence-electron chi connectivity index (χ2n) is 7.65. The minimum Gasteiger partial charge on any atom is -0.480 e. The maximum atomic E-state index is 13.4. The Bertz CT molecular complexity index is 1310. The van der Waals surface area contributed by atoms with E-state index in [0.717, 1.165) is 5.69 Å². The van der Waals surface area contributed by atoms with Crippen molar-refractivity contribution in [3.8, 4) is 11.5 Å². The maximum absolute atomic E-state index is 13.4. The number of carboxylic acids is 1. The highest BCUT2D eigenvalue weighted by molar-refractivity contribution is 7.89. The van der Waals surface area contributed by atoms with Crippen LogP contribution < -0.4 is 4.74 Å². The van der Waals surface area contributed by atoms with Gasteiger partial charge < -0.3 is 9.84 Å². The number of hydrogen-bond donors (Lipinski definition) is 1. The molecule has 0 spiro atoms. The molecule has 4 rings (SSSR count). The number of ether oxygens (including phenoxy) is 1. The van der Waals surface area contributed by atoms with Gasteiger partial charge in [0, 0.05) is 24.4 Å². The van der Waals surface area contributed by atoms with E-state index in [2.05, 4.69) is 5.10 Å². The fourth-order valence-corrected chi connectivity index (χ4v) is 6.02. The van der Waals surface area contributed by atoms with Gasteiger partial charge >= 0.3 is 5.97 Å². The van der Waals surface area contributed by atoms with Gasteiger partial charge in [0.15, 0.2) is 0 Å². The van der Waals surface area contributed by atoms with Gasteiger partial charge in [0.05, 0.1) is 22.3 Å². The van der Waals surface area contributed by atoms with Crippen LogP contribution in [-0.4, -0.2) is 40.6 Å². The minimum absolute atomic E-state index is 0.0176. The predicted octanol–water partition coefficient (Wildman–Crippen LogP) is 4.76. The van der Waals surface area contributed by atoms with Crippen molar-refractivity contribution in [3.05, 3.63) is 70.0 Å². The monoisotopic (exact) mass is 509 g/mol. The molecule has 1 aliphatic carbocycles. The largest absolute Gasteiger partial charge is 0.480 e. The fourth-order valence-electron chi connectivity index (χ4n) is 3.97. The molecule has 0 unspecified atom stereocenters. The van der Waals surface area contributed by atoms with Crippen LogP contribution in [0.4, 0.5) is 0 Å². The van der Waals surface area contributed by atoms with E-state index >= 15 is 0 Å². The number of aliphatic carboxylic acids is 1. The molecule has 0 amide bonds. The van der Waals surface area contributed by atoms with Crippen molar-refractivity contribution >= 4 is 39.2 Å². The van der Waals surface area contributed by atoms with Crippen LogP contribution in [0.2, 0.25) is 10.0 Å². The number of nitrogens with zero attached hydrogens (tertiary/aromatic N) is 3. The summed E-state index contributed by atoms with van der Waals surface area (Å²) in [6, 6.07) is 10.8. The van der Waals surface area contributed by atoms with E-state index in [1.165, 1.54) is 34.2 Å². The maximum Gasteiger partial charge on any atom is 0.325 e. The summed E-state index contributed by atoms with van der Waals surface area (Å²) in [5.41, 5.74) is 1.45. The summed E-state index contributed by atoms with van der Waals surface area (Å²) in [6.07, 6.45) is 3.49. The van der Waals surface area contributed by atoms with E-state index in [1.807, 2.05) is 0 Å². The second-order valence-corrected chi connectivity index (χ2v) is 10.4. The van der Waals surface area contributed by atoms with E-state index in [9.17, 15) is 13.2 Å². The second kappa shape index (κ2) is 9.34. The third kappa shape index (κ3) is 4.72. The van der Waals surface area contributed by atoms with Crippen LogP contribution in [-0.2, 0) is 27.8 Å². The third-order valence-corrected chi connectivity index (χ3v) is 8.24. The van der Waals surface area contributed by atoms with Crippen molar-refractivity contribution in [1.29, 1.82) is 0 Å². The SMILES string of the molecule is CN([C@@H]1CCCc2c1cnn2CC(=O)O)S(=O)(=O)c1ccc(Oc2ccccc2Cl)cc1Cl. The molecule has 11 heteroatoms. The first kappa shape index (κ1) is 23.6. The molecule has 0 saturated carbocycles. The number of carboxylic acid groups (broad SMARTS) is 1. The Labute approximate surface area is 201 Å². The standard InChI is InChI=1S/C22H21Cl2N3O5S/c1-26(18-6-4-7-19-15(18)12-25-27(19)13-22(28)29)33(30,31)21-10-9-14(11-17(21)24)32-20-8-3-2-5-16(20)23/h2-3,5,8-12,18H,4,6-7,13H2,1H3,(H,28,29)/t18-/m1/s1. The Morgan fingerprint density at radius 2 is 2.00 bits per heavy atom. The molecule has 0 radical (unpaired) electrons.